The fourth-order valence-electron chi connectivity index (χ4n) is 0.496. The Bertz CT molecular complexity index is 123. The van der Waals surface area contributed by atoms with Crippen molar-refractivity contribution in [2.24, 2.45) is 11.1 Å². The molecule has 0 saturated heterocycles. The van der Waals surface area contributed by atoms with E-state index in [-0.39, 0.29) is 16.9 Å². The minimum absolute atomic E-state index is 0.0181. The van der Waals surface area contributed by atoms with E-state index in [1.165, 1.54) is 0 Å². The first kappa shape index (κ1) is 9.36. The van der Waals surface area contributed by atoms with Crippen LogP contribution in [-0.2, 0) is 0 Å². The van der Waals surface area contributed by atoms with Crippen LogP contribution in [0.4, 0.5) is 0 Å². The molecule has 0 aliphatic carbocycles. The van der Waals surface area contributed by atoms with Gasteiger partial charge in [0.2, 0.25) is 6.54 Å². The number of hydrogen-bond donors (Lipinski definition) is 1. The summed E-state index contributed by atoms with van der Waals surface area (Å²) in [5.74, 6) is 0. The van der Waals surface area contributed by atoms with Gasteiger partial charge in [-0.05, 0) is 12.0 Å². The lowest BCUT2D eigenvalue weighted by Gasteiger charge is -2.18. The van der Waals surface area contributed by atoms with Gasteiger partial charge in [-0.3, -0.25) is 10.1 Å². The largest absolute Gasteiger partial charge is 0.330 e. The zero-order valence-electron chi connectivity index (χ0n) is 6.46. The molecule has 0 saturated carbocycles. The van der Waals surface area contributed by atoms with Crippen molar-refractivity contribution in [2.45, 2.75) is 20.3 Å². The van der Waals surface area contributed by atoms with Gasteiger partial charge in [-0.15, -0.1) is 0 Å². The Balaban J connectivity index is 3.56. The predicted molar refractivity (Wildman–Crippen MR) is 39.3 cm³/mol. The van der Waals surface area contributed by atoms with Crippen LogP contribution in [0.5, 0.6) is 0 Å². The number of nitrogens with two attached hydrogens (primary N) is 1. The van der Waals surface area contributed by atoms with Gasteiger partial charge in [-0.2, -0.15) is 0 Å². The summed E-state index contributed by atoms with van der Waals surface area (Å²) >= 11 is 0. The lowest BCUT2D eigenvalue weighted by atomic mass is 9.90. The molecule has 2 N–H and O–H groups in total. The van der Waals surface area contributed by atoms with Crippen molar-refractivity contribution in [1.82, 2.24) is 0 Å². The average Bonchev–Trinajstić information content (AvgIpc) is 1.85. The molecule has 0 radical (unpaired) electrons. The summed E-state index contributed by atoms with van der Waals surface area (Å²) in [5.41, 5.74) is 5.28. The Kier molecular flexibility index (Phi) is 3.28. The smallest absolute Gasteiger partial charge is 0.204 e. The van der Waals surface area contributed by atoms with Gasteiger partial charge in [-0.1, -0.05) is 13.8 Å². The summed E-state index contributed by atoms with van der Waals surface area (Å²) in [7, 11) is 0. The van der Waals surface area contributed by atoms with E-state index < -0.39 is 0 Å². The first-order valence-corrected chi connectivity index (χ1v) is 3.30. The molecular formula is C6H14N2O2. The molecule has 0 fully saturated rings. The average molecular weight is 146 g/mol. The predicted octanol–water partition coefficient (Wildman–Crippen LogP) is 0.638. The Morgan fingerprint density at radius 2 is 2.10 bits per heavy atom. The molecule has 0 aliphatic rings. The lowest BCUT2D eigenvalue weighted by molar-refractivity contribution is -0.482. The zero-order chi connectivity index (χ0) is 8.20. The minimum Gasteiger partial charge on any atom is -0.330 e. The highest BCUT2D eigenvalue weighted by Crippen LogP contribution is 2.17. The van der Waals surface area contributed by atoms with E-state index in [2.05, 4.69) is 0 Å². The molecule has 0 aromatic heterocycles. The first-order chi connectivity index (χ1) is 4.48. The van der Waals surface area contributed by atoms with Gasteiger partial charge in [0, 0.05) is 11.3 Å². The van der Waals surface area contributed by atoms with Gasteiger partial charge in [0.1, 0.15) is 0 Å². The molecule has 0 heterocycles. The van der Waals surface area contributed by atoms with Gasteiger partial charge in [0.15, 0.2) is 0 Å². The quantitative estimate of drug-likeness (QED) is 0.467. The first-order valence-electron chi connectivity index (χ1n) is 3.30. The summed E-state index contributed by atoms with van der Waals surface area (Å²) in [5, 5.41) is 9.93. The number of hydrogen-bond acceptors (Lipinski definition) is 3. The van der Waals surface area contributed by atoms with Crippen LogP contribution >= 0.6 is 0 Å². The molecule has 0 unspecified atom stereocenters. The van der Waals surface area contributed by atoms with E-state index in [9.17, 15) is 10.1 Å². The highest BCUT2D eigenvalue weighted by Gasteiger charge is 2.17. The van der Waals surface area contributed by atoms with Gasteiger partial charge >= 0.3 is 0 Å². The summed E-state index contributed by atoms with van der Waals surface area (Å²) in [4.78, 5) is 9.62. The number of nitro groups is 1. The molecule has 10 heavy (non-hydrogen) atoms. The van der Waals surface area contributed by atoms with Crippen molar-refractivity contribution in [1.29, 1.82) is 0 Å². The van der Waals surface area contributed by atoms with Gasteiger partial charge < -0.3 is 5.73 Å². The van der Waals surface area contributed by atoms with Crippen LogP contribution in [0.1, 0.15) is 20.3 Å². The van der Waals surface area contributed by atoms with Crippen LogP contribution in [0.25, 0.3) is 0 Å². The standard InChI is InChI=1S/C6H14N2O2/c1-6(2,5-7)3-4-8(9)10/h3-5,7H2,1-2H3. The van der Waals surface area contributed by atoms with Crippen molar-refractivity contribution in [2.75, 3.05) is 13.1 Å². The van der Waals surface area contributed by atoms with Crippen molar-refractivity contribution < 1.29 is 4.92 Å². The Morgan fingerprint density at radius 1 is 1.60 bits per heavy atom. The SMILES string of the molecule is CC(C)(CN)CC[N+](=O)[O-]. The molecular weight excluding hydrogens is 132 g/mol. The summed E-state index contributed by atoms with van der Waals surface area (Å²) < 4.78 is 0. The fraction of sp³-hybridized carbons (Fsp3) is 1.00. The van der Waals surface area contributed by atoms with Gasteiger partial charge in [-0.25, -0.2) is 0 Å². The second-order valence-electron chi connectivity index (χ2n) is 3.17. The molecule has 0 aliphatic heterocycles. The molecule has 4 nitrogen and oxygen atoms in total. The summed E-state index contributed by atoms with van der Waals surface area (Å²) in [6.45, 7) is 4.37. The minimum atomic E-state index is -0.308. The fourth-order valence-corrected chi connectivity index (χ4v) is 0.496. The summed E-state index contributed by atoms with van der Waals surface area (Å²) in [6, 6.07) is 0. The van der Waals surface area contributed by atoms with Crippen LogP contribution < -0.4 is 5.73 Å². The Hall–Kier alpha value is -0.640. The molecule has 0 amide bonds. The molecule has 0 aromatic rings. The van der Waals surface area contributed by atoms with Gasteiger partial charge in [0.25, 0.3) is 0 Å². The molecule has 0 aromatic carbocycles. The van der Waals surface area contributed by atoms with E-state index in [1.807, 2.05) is 13.8 Å². The number of nitrogens with zero attached hydrogens (tertiary/aromatic N) is 1. The third-order valence-electron chi connectivity index (χ3n) is 1.52. The molecule has 0 rings (SSSR count). The molecule has 4 heteroatoms. The van der Waals surface area contributed by atoms with Crippen molar-refractivity contribution >= 4 is 0 Å². The normalized spacial score (nSPS) is 11.5. The molecule has 0 spiro atoms. The van der Waals surface area contributed by atoms with E-state index in [1.54, 1.807) is 0 Å². The van der Waals surface area contributed by atoms with Crippen molar-refractivity contribution in [3.63, 3.8) is 0 Å². The molecule has 0 bridgehead atoms. The third-order valence-corrected chi connectivity index (χ3v) is 1.52. The summed E-state index contributed by atoms with van der Waals surface area (Å²) in [6.07, 6.45) is 0.552. The maximum absolute atomic E-state index is 9.93. The van der Waals surface area contributed by atoms with Crippen LogP contribution in [0, 0.1) is 15.5 Å². The van der Waals surface area contributed by atoms with Gasteiger partial charge in [0.05, 0.1) is 0 Å². The van der Waals surface area contributed by atoms with Crippen molar-refractivity contribution in [3.8, 4) is 0 Å². The highest BCUT2D eigenvalue weighted by atomic mass is 16.6. The van der Waals surface area contributed by atoms with Crippen LogP contribution in [-0.4, -0.2) is 18.0 Å². The second-order valence-corrected chi connectivity index (χ2v) is 3.17. The topological polar surface area (TPSA) is 69.2 Å². The van der Waals surface area contributed by atoms with Crippen molar-refractivity contribution in [3.05, 3.63) is 10.1 Å². The maximum Gasteiger partial charge on any atom is 0.204 e. The van der Waals surface area contributed by atoms with Crippen LogP contribution in [0.2, 0.25) is 0 Å². The van der Waals surface area contributed by atoms with E-state index in [4.69, 9.17) is 5.73 Å². The second kappa shape index (κ2) is 3.51. The number of rotatable bonds is 4. The van der Waals surface area contributed by atoms with E-state index in [0.29, 0.717) is 13.0 Å². The third kappa shape index (κ3) is 4.26. The monoisotopic (exact) mass is 146 g/mol. The van der Waals surface area contributed by atoms with Crippen LogP contribution in [0.3, 0.4) is 0 Å². The van der Waals surface area contributed by atoms with E-state index >= 15 is 0 Å². The molecule has 0 atom stereocenters. The zero-order valence-corrected chi connectivity index (χ0v) is 6.46. The molecule has 60 valence electrons. The Labute approximate surface area is 60.6 Å². The highest BCUT2D eigenvalue weighted by molar-refractivity contribution is 4.67. The van der Waals surface area contributed by atoms with E-state index in [0.717, 1.165) is 0 Å². The Morgan fingerprint density at radius 3 is 2.40 bits per heavy atom. The maximum atomic E-state index is 9.93. The van der Waals surface area contributed by atoms with Crippen LogP contribution in [0.15, 0.2) is 0 Å². The lowest BCUT2D eigenvalue weighted by Crippen LogP contribution is -2.26.